The quantitative estimate of drug-likeness (QED) is 0.366. The van der Waals surface area contributed by atoms with Crippen LogP contribution in [-0.2, 0) is 6.54 Å². The number of nitrogens with zero attached hydrogens (tertiary/aromatic N) is 4. The Morgan fingerprint density at radius 3 is 2.54 bits per heavy atom. The van der Waals surface area contributed by atoms with Crippen LogP contribution in [-0.4, -0.2) is 53.3 Å². The molecule has 0 spiro atoms. The van der Waals surface area contributed by atoms with Gasteiger partial charge in [-0.15, -0.1) is 11.3 Å². The van der Waals surface area contributed by atoms with Gasteiger partial charge in [0.05, 0.1) is 16.9 Å². The first kappa shape index (κ1) is 19.9. The molecule has 9 heteroatoms. The maximum absolute atomic E-state index is 12.0. The molecule has 1 amide bonds. The van der Waals surface area contributed by atoms with E-state index in [2.05, 4.69) is 44.0 Å². The number of amides is 1. The lowest BCUT2D eigenvalue weighted by Gasteiger charge is -2.12. The summed E-state index contributed by atoms with van der Waals surface area (Å²) in [5.74, 6) is 0.640. The molecule has 0 radical (unpaired) electrons. The Labute approximate surface area is 158 Å². The van der Waals surface area contributed by atoms with Gasteiger partial charge in [0.15, 0.2) is 5.96 Å². The first-order valence-electron chi connectivity index (χ1n) is 8.65. The third kappa shape index (κ3) is 5.83. The third-order valence-electron chi connectivity index (χ3n) is 3.82. The van der Waals surface area contributed by atoms with Crippen molar-refractivity contribution in [1.29, 1.82) is 0 Å². The Balaban J connectivity index is 1.61. The van der Waals surface area contributed by atoms with Gasteiger partial charge in [0.1, 0.15) is 4.88 Å². The van der Waals surface area contributed by atoms with Crippen LogP contribution in [0.15, 0.2) is 16.6 Å². The summed E-state index contributed by atoms with van der Waals surface area (Å²) in [5, 5.41) is 13.8. The lowest BCUT2D eigenvalue weighted by Crippen LogP contribution is -2.42. The van der Waals surface area contributed by atoms with Gasteiger partial charge >= 0.3 is 0 Å². The summed E-state index contributed by atoms with van der Waals surface area (Å²) in [7, 11) is 1.73. The number of thiazole rings is 1. The fourth-order valence-corrected chi connectivity index (χ4v) is 3.23. The zero-order valence-electron chi connectivity index (χ0n) is 15.8. The molecule has 2 heterocycles. The number of aromatic nitrogens is 3. The Bertz CT molecular complexity index is 750. The molecule has 2 rings (SSSR count). The normalized spacial score (nSPS) is 11.5. The second-order valence-electron chi connectivity index (χ2n) is 5.95. The van der Waals surface area contributed by atoms with Crippen LogP contribution in [0.1, 0.15) is 33.2 Å². The van der Waals surface area contributed by atoms with Gasteiger partial charge in [-0.05, 0) is 33.3 Å². The molecule has 2 aromatic rings. The minimum Gasteiger partial charge on any atom is -0.356 e. The topological polar surface area (TPSA) is 96.2 Å². The summed E-state index contributed by atoms with van der Waals surface area (Å²) >= 11 is 1.35. The smallest absolute Gasteiger partial charge is 0.263 e. The average Bonchev–Trinajstić information content (AvgIpc) is 3.18. The molecule has 142 valence electrons. The first-order valence-corrected chi connectivity index (χ1v) is 9.53. The molecule has 0 aromatic carbocycles. The molecular weight excluding hydrogens is 350 g/mol. The fraction of sp³-hybridized carbons (Fsp3) is 0.529. The van der Waals surface area contributed by atoms with Crippen molar-refractivity contribution in [2.75, 3.05) is 26.7 Å². The molecule has 8 nitrogen and oxygen atoms in total. The van der Waals surface area contributed by atoms with E-state index in [0.717, 1.165) is 36.9 Å². The second kappa shape index (κ2) is 9.91. The van der Waals surface area contributed by atoms with Crippen LogP contribution in [0.25, 0.3) is 0 Å². The molecule has 0 bridgehead atoms. The summed E-state index contributed by atoms with van der Waals surface area (Å²) in [4.78, 5) is 20.9. The second-order valence-corrected chi connectivity index (χ2v) is 6.81. The van der Waals surface area contributed by atoms with Crippen LogP contribution < -0.4 is 16.0 Å². The monoisotopic (exact) mass is 377 g/mol. The zero-order chi connectivity index (χ0) is 18.9. The summed E-state index contributed by atoms with van der Waals surface area (Å²) in [6.45, 7) is 8.68. The Morgan fingerprint density at radius 2 is 1.92 bits per heavy atom. The summed E-state index contributed by atoms with van der Waals surface area (Å²) < 4.78 is 2.02. The highest BCUT2D eigenvalue weighted by molar-refractivity contribution is 7.11. The molecule has 0 aliphatic rings. The number of hydrogen-bond donors (Lipinski definition) is 3. The van der Waals surface area contributed by atoms with Crippen LogP contribution in [0.2, 0.25) is 0 Å². The SMILES string of the molecule is CN=C(NCCCn1nc(C)cc1C)NCCNC(=O)c1scnc1C. The summed E-state index contributed by atoms with van der Waals surface area (Å²) in [6.07, 6.45) is 0.948. The molecule has 26 heavy (non-hydrogen) atoms. The lowest BCUT2D eigenvalue weighted by atomic mass is 10.4. The van der Waals surface area contributed by atoms with Gasteiger partial charge in [0.25, 0.3) is 5.91 Å². The van der Waals surface area contributed by atoms with Crippen molar-refractivity contribution in [1.82, 2.24) is 30.7 Å². The van der Waals surface area contributed by atoms with Gasteiger partial charge in [-0.3, -0.25) is 14.5 Å². The predicted octanol–water partition coefficient (Wildman–Crippen LogP) is 1.25. The van der Waals surface area contributed by atoms with Crippen LogP contribution in [0.3, 0.4) is 0 Å². The summed E-state index contributed by atoms with van der Waals surface area (Å²) in [5.41, 5.74) is 4.67. The van der Waals surface area contributed by atoms with Crippen molar-refractivity contribution in [3.05, 3.63) is 33.5 Å². The van der Waals surface area contributed by atoms with Crippen molar-refractivity contribution < 1.29 is 4.79 Å². The van der Waals surface area contributed by atoms with Crippen molar-refractivity contribution in [2.45, 2.75) is 33.7 Å². The number of hydrogen-bond acceptors (Lipinski definition) is 5. The third-order valence-corrected chi connectivity index (χ3v) is 4.75. The fourth-order valence-electron chi connectivity index (χ4n) is 2.51. The number of aryl methyl sites for hydroxylation is 4. The van der Waals surface area contributed by atoms with Gasteiger partial charge < -0.3 is 16.0 Å². The van der Waals surface area contributed by atoms with Gasteiger partial charge in [-0.1, -0.05) is 0 Å². The largest absolute Gasteiger partial charge is 0.356 e. The molecular formula is C17H27N7OS. The van der Waals surface area contributed by atoms with Crippen LogP contribution in [0, 0.1) is 20.8 Å². The van der Waals surface area contributed by atoms with Crippen LogP contribution in [0.5, 0.6) is 0 Å². The van der Waals surface area contributed by atoms with E-state index >= 15 is 0 Å². The molecule has 0 atom stereocenters. The zero-order valence-corrected chi connectivity index (χ0v) is 16.6. The number of nitrogens with one attached hydrogen (secondary N) is 3. The van der Waals surface area contributed by atoms with E-state index in [1.165, 1.54) is 17.0 Å². The minimum atomic E-state index is -0.0837. The maximum atomic E-state index is 12.0. The molecule has 2 aromatic heterocycles. The summed E-state index contributed by atoms with van der Waals surface area (Å²) in [6, 6.07) is 2.08. The highest BCUT2D eigenvalue weighted by Crippen LogP contribution is 2.11. The number of rotatable bonds is 8. The van der Waals surface area contributed by atoms with E-state index in [9.17, 15) is 4.79 Å². The Morgan fingerprint density at radius 1 is 1.19 bits per heavy atom. The Kier molecular flexibility index (Phi) is 7.58. The van der Waals surface area contributed by atoms with Crippen LogP contribution in [0.4, 0.5) is 0 Å². The lowest BCUT2D eigenvalue weighted by molar-refractivity contribution is 0.0957. The average molecular weight is 378 g/mol. The minimum absolute atomic E-state index is 0.0837. The first-order chi connectivity index (χ1) is 12.5. The molecule has 0 fully saturated rings. The van der Waals surface area contributed by atoms with Crippen LogP contribution >= 0.6 is 11.3 Å². The van der Waals surface area contributed by atoms with Gasteiger partial charge in [-0.25, -0.2) is 4.98 Å². The van der Waals surface area contributed by atoms with Gasteiger partial charge in [0.2, 0.25) is 0 Å². The predicted molar refractivity (Wildman–Crippen MR) is 105 cm³/mol. The number of aliphatic imine (C=N–C) groups is 1. The van der Waals surface area contributed by atoms with Crippen molar-refractivity contribution in [2.24, 2.45) is 4.99 Å². The molecule has 0 saturated carbocycles. The van der Waals surface area contributed by atoms with E-state index in [1.807, 2.05) is 18.5 Å². The molecule has 0 saturated heterocycles. The van der Waals surface area contributed by atoms with Crippen molar-refractivity contribution in [3.63, 3.8) is 0 Å². The van der Waals surface area contributed by atoms with E-state index in [0.29, 0.717) is 18.0 Å². The van der Waals surface area contributed by atoms with E-state index in [4.69, 9.17) is 0 Å². The Hall–Kier alpha value is -2.42. The molecule has 0 unspecified atom stereocenters. The van der Waals surface area contributed by atoms with Crippen molar-refractivity contribution in [3.8, 4) is 0 Å². The van der Waals surface area contributed by atoms with E-state index < -0.39 is 0 Å². The molecule has 0 aliphatic carbocycles. The van der Waals surface area contributed by atoms with E-state index in [1.54, 1.807) is 12.6 Å². The highest BCUT2D eigenvalue weighted by Gasteiger charge is 2.10. The van der Waals surface area contributed by atoms with Gasteiger partial charge in [-0.2, -0.15) is 5.10 Å². The number of carbonyl (C=O) groups is 1. The van der Waals surface area contributed by atoms with Gasteiger partial charge in [0, 0.05) is 38.9 Å². The molecule has 3 N–H and O–H groups in total. The molecule has 0 aliphatic heterocycles. The van der Waals surface area contributed by atoms with E-state index in [-0.39, 0.29) is 5.91 Å². The maximum Gasteiger partial charge on any atom is 0.263 e. The highest BCUT2D eigenvalue weighted by atomic mass is 32.1. The number of carbonyl (C=O) groups excluding carboxylic acids is 1. The van der Waals surface area contributed by atoms with Crippen molar-refractivity contribution >= 4 is 23.2 Å². The standard InChI is InChI=1S/C17H27N7OS/c1-12-10-13(2)24(23-12)9-5-6-20-17(18-4)21-8-7-19-16(25)15-14(3)22-11-26-15/h10-11H,5-9H2,1-4H3,(H,19,25)(H2,18,20,21). The number of guanidine groups is 1.